The Labute approximate surface area is 126 Å². The van der Waals surface area contributed by atoms with E-state index in [0.29, 0.717) is 29.5 Å². The van der Waals surface area contributed by atoms with E-state index in [9.17, 15) is 4.79 Å². The summed E-state index contributed by atoms with van der Waals surface area (Å²) in [6.07, 6.45) is 2.85. The Kier molecular flexibility index (Phi) is 5.44. The average molecular weight is 292 g/mol. The molecule has 1 saturated heterocycles. The van der Waals surface area contributed by atoms with Gasteiger partial charge in [-0.3, -0.25) is 4.79 Å². The minimum atomic E-state index is 0.0107. The first-order valence-corrected chi connectivity index (χ1v) is 7.38. The van der Waals surface area contributed by atoms with Crippen molar-refractivity contribution in [3.63, 3.8) is 0 Å². The molecular formula is C16H24N2O3. The fourth-order valence-electron chi connectivity index (χ4n) is 2.68. The van der Waals surface area contributed by atoms with E-state index in [-0.39, 0.29) is 11.9 Å². The minimum absolute atomic E-state index is 0.0107. The molecule has 0 bridgehead atoms. The van der Waals surface area contributed by atoms with E-state index in [1.807, 2.05) is 0 Å². The topological polar surface area (TPSA) is 59.6 Å². The van der Waals surface area contributed by atoms with Crippen molar-refractivity contribution in [2.24, 2.45) is 5.92 Å². The lowest BCUT2D eigenvalue weighted by atomic mass is 9.90. The number of benzene rings is 1. The van der Waals surface area contributed by atoms with Gasteiger partial charge in [-0.05, 0) is 25.3 Å². The number of nitrogens with one attached hydrogen (secondary N) is 2. The maximum Gasteiger partial charge on any atom is 0.225 e. The van der Waals surface area contributed by atoms with E-state index in [4.69, 9.17) is 9.47 Å². The third kappa shape index (κ3) is 4.36. The van der Waals surface area contributed by atoms with Crippen LogP contribution in [0.25, 0.3) is 0 Å². The SMILES string of the molecule is COc1cc(NC(=O)CC2NCCCC2C)cc(OC)c1. The summed E-state index contributed by atoms with van der Waals surface area (Å²) < 4.78 is 10.4. The number of anilines is 1. The largest absolute Gasteiger partial charge is 0.497 e. The molecule has 0 aliphatic carbocycles. The van der Waals surface area contributed by atoms with Gasteiger partial charge in [0.25, 0.3) is 0 Å². The maximum atomic E-state index is 12.2. The zero-order chi connectivity index (χ0) is 15.2. The van der Waals surface area contributed by atoms with Crippen LogP contribution in [0, 0.1) is 5.92 Å². The van der Waals surface area contributed by atoms with Gasteiger partial charge in [0.15, 0.2) is 0 Å². The summed E-state index contributed by atoms with van der Waals surface area (Å²) >= 11 is 0. The molecule has 2 rings (SSSR count). The lowest BCUT2D eigenvalue weighted by Gasteiger charge is -2.29. The molecule has 5 nitrogen and oxygen atoms in total. The van der Waals surface area contributed by atoms with Gasteiger partial charge in [0, 0.05) is 36.3 Å². The number of piperidine rings is 1. The van der Waals surface area contributed by atoms with Crippen LogP contribution in [0.1, 0.15) is 26.2 Å². The van der Waals surface area contributed by atoms with Gasteiger partial charge in [0.1, 0.15) is 11.5 Å². The number of hydrogen-bond acceptors (Lipinski definition) is 4. The molecular weight excluding hydrogens is 268 g/mol. The summed E-state index contributed by atoms with van der Waals surface area (Å²) in [6, 6.07) is 5.61. The Morgan fingerprint density at radius 3 is 2.52 bits per heavy atom. The molecule has 116 valence electrons. The molecule has 1 amide bonds. The number of ether oxygens (including phenoxy) is 2. The maximum absolute atomic E-state index is 12.2. The molecule has 1 aliphatic rings. The fourth-order valence-corrected chi connectivity index (χ4v) is 2.68. The van der Waals surface area contributed by atoms with Crippen LogP contribution in [0.4, 0.5) is 5.69 Å². The van der Waals surface area contributed by atoms with Crippen LogP contribution in [0.3, 0.4) is 0 Å². The number of hydrogen-bond donors (Lipinski definition) is 2. The van der Waals surface area contributed by atoms with E-state index in [1.54, 1.807) is 32.4 Å². The monoisotopic (exact) mass is 292 g/mol. The van der Waals surface area contributed by atoms with Crippen molar-refractivity contribution in [2.45, 2.75) is 32.2 Å². The highest BCUT2D eigenvalue weighted by Crippen LogP contribution is 2.26. The van der Waals surface area contributed by atoms with Gasteiger partial charge in [0.2, 0.25) is 5.91 Å². The van der Waals surface area contributed by atoms with Crippen molar-refractivity contribution in [3.05, 3.63) is 18.2 Å². The smallest absolute Gasteiger partial charge is 0.225 e. The number of rotatable bonds is 5. The molecule has 0 aromatic heterocycles. The fraction of sp³-hybridized carbons (Fsp3) is 0.562. The first-order chi connectivity index (χ1) is 10.1. The highest BCUT2D eigenvalue weighted by atomic mass is 16.5. The molecule has 1 fully saturated rings. The van der Waals surface area contributed by atoms with Gasteiger partial charge in [0.05, 0.1) is 14.2 Å². The second-order valence-corrected chi connectivity index (χ2v) is 5.53. The van der Waals surface area contributed by atoms with Crippen molar-refractivity contribution in [1.29, 1.82) is 0 Å². The highest BCUT2D eigenvalue weighted by Gasteiger charge is 2.23. The molecule has 0 saturated carbocycles. The number of carbonyl (C=O) groups excluding carboxylic acids is 1. The van der Waals surface area contributed by atoms with Gasteiger partial charge < -0.3 is 20.1 Å². The van der Waals surface area contributed by atoms with Gasteiger partial charge in [-0.15, -0.1) is 0 Å². The molecule has 2 N–H and O–H groups in total. The first kappa shape index (κ1) is 15.6. The number of amides is 1. The summed E-state index contributed by atoms with van der Waals surface area (Å²) in [5.41, 5.74) is 0.694. The van der Waals surface area contributed by atoms with E-state index < -0.39 is 0 Å². The molecule has 0 spiro atoms. The Balaban J connectivity index is 1.98. The number of carbonyl (C=O) groups is 1. The standard InChI is InChI=1S/C16H24N2O3/c1-11-5-4-6-17-15(11)10-16(19)18-12-7-13(20-2)9-14(8-12)21-3/h7-9,11,15,17H,4-6,10H2,1-3H3,(H,18,19). The molecule has 1 heterocycles. The van der Waals surface area contributed by atoms with Crippen LogP contribution >= 0.6 is 0 Å². The second kappa shape index (κ2) is 7.31. The Morgan fingerprint density at radius 2 is 1.95 bits per heavy atom. The third-order valence-electron chi connectivity index (χ3n) is 3.97. The Morgan fingerprint density at radius 1 is 1.29 bits per heavy atom. The van der Waals surface area contributed by atoms with Gasteiger partial charge in [-0.1, -0.05) is 6.92 Å². The summed E-state index contributed by atoms with van der Waals surface area (Å²) in [7, 11) is 3.18. The summed E-state index contributed by atoms with van der Waals surface area (Å²) in [6.45, 7) is 3.19. The molecule has 21 heavy (non-hydrogen) atoms. The van der Waals surface area contributed by atoms with Crippen LogP contribution in [0.2, 0.25) is 0 Å². The lowest BCUT2D eigenvalue weighted by Crippen LogP contribution is -2.42. The third-order valence-corrected chi connectivity index (χ3v) is 3.97. The van der Waals surface area contributed by atoms with Crippen LogP contribution in [-0.4, -0.2) is 32.7 Å². The molecule has 1 aliphatic heterocycles. The van der Waals surface area contributed by atoms with Gasteiger partial charge >= 0.3 is 0 Å². The molecule has 2 unspecified atom stereocenters. The second-order valence-electron chi connectivity index (χ2n) is 5.53. The van der Waals surface area contributed by atoms with Crippen molar-refractivity contribution in [2.75, 3.05) is 26.1 Å². The Bertz CT molecular complexity index is 468. The van der Waals surface area contributed by atoms with Crippen LogP contribution in [0.15, 0.2) is 18.2 Å². The Hall–Kier alpha value is -1.75. The van der Waals surface area contributed by atoms with Crippen LogP contribution in [0.5, 0.6) is 11.5 Å². The van der Waals surface area contributed by atoms with Crippen molar-refractivity contribution >= 4 is 11.6 Å². The number of methoxy groups -OCH3 is 2. The van der Waals surface area contributed by atoms with Crippen molar-refractivity contribution in [3.8, 4) is 11.5 Å². The van der Waals surface area contributed by atoms with Crippen LogP contribution < -0.4 is 20.1 Å². The van der Waals surface area contributed by atoms with E-state index >= 15 is 0 Å². The predicted molar refractivity (Wildman–Crippen MR) is 83.0 cm³/mol. The normalized spacial score (nSPS) is 21.7. The zero-order valence-corrected chi connectivity index (χ0v) is 12.9. The van der Waals surface area contributed by atoms with Crippen molar-refractivity contribution < 1.29 is 14.3 Å². The predicted octanol–water partition coefficient (Wildman–Crippen LogP) is 2.42. The molecule has 0 radical (unpaired) electrons. The van der Waals surface area contributed by atoms with Gasteiger partial charge in [-0.25, -0.2) is 0 Å². The van der Waals surface area contributed by atoms with Gasteiger partial charge in [-0.2, -0.15) is 0 Å². The molecule has 2 atom stereocenters. The summed E-state index contributed by atoms with van der Waals surface area (Å²) in [4.78, 5) is 12.2. The zero-order valence-electron chi connectivity index (χ0n) is 12.9. The van der Waals surface area contributed by atoms with E-state index in [2.05, 4.69) is 17.6 Å². The quantitative estimate of drug-likeness (QED) is 0.875. The molecule has 1 aromatic carbocycles. The van der Waals surface area contributed by atoms with Crippen LogP contribution in [-0.2, 0) is 4.79 Å². The van der Waals surface area contributed by atoms with E-state index in [1.165, 1.54) is 12.8 Å². The van der Waals surface area contributed by atoms with E-state index in [0.717, 1.165) is 6.54 Å². The summed E-state index contributed by atoms with van der Waals surface area (Å²) in [5.74, 6) is 1.86. The summed E-state index contributed by atoms with van der Waals surface area (Å²) in [5, 5.41) is 6.34. The average Bonchev–Trinajstić information content (AvgIpc) is 2.49. The highest BCUT2D eigenvalue weighted by molar-refractivity contribution is 5.91. The first-order valence-electron chi connectivity index (χ1n) is 7.38. The lowest BCUT2D eigenvalue weighted by molar-refractivity contribution is -0.117. The van der Waals surface area contributed by atoms with Crippen molar-refractivity contribution in [1.82, 2.24) is 5.32 Å². The molecule has 5 heteroatoms. The molecule has 1 aromatic rings. The minimum Gasteiger partial charge on any atom is -0.497 e.